The zero-order chi connectivity index (χ0) is 26.3. The van der Waals surface area contributed by atoms with E-state index in [1.165, 1.54) is 11.1 Å². The molecule has 3 atom stereocenters. The molecule has 7 heteroatoms. The summed E-state index contributed by atoms with van der Waals surface area (Å²) in [6.07, 6.45) is 3.11. The van der Waals surface area contributed by atoms with Gasteiger partial charge in [0.25, 0.3) is 0 Å². The highest BCUT2D eigenvalue weighted by Crippen LogP contribution is 2.39. The third kappa shape index (κ3) is 7.02. The summed E-state index contributed by atoms with van der Waals surface area (Å²) in [5.74, 6) is 0.741. The van der Waals surface area contributed by atoms with Gasteiger partial charge in [0.05, 0.1) is 23.4 Å². The van der Waals surface area contributed by atoms with Gasteiger partial charge in [0, 0.05) is 43.4 Å². The molecule has 2 aliphatic heterocycles. The van der Waals surface area contributed by atoms with Gasteiger partial charge in [-0.1, -0.05) is 65.7 Å². The highest BCUT2D eigenvalue weighted by molar-refractivity contribution is 6.33. The molecule has 0 saturated carbocycles. The lowest BCUT2D eigenvalue weighted by Crippen LogP contribution is -2.53. The van der Waals surface area contributed by atoms with E-state index in [-0.39, 0.29) is 18.4 Å². The van der Waals surface area contributed by atoms with E-state index in [1.54, 1.807) is 0 Å². The average Bonchev–Trinajstić information content (AvgIpc) is 2.93. The Balaban J connectivity index is 1.29. The summed E-state index contributed by atoms with van der Waals surface area (Å²) >= 11 is 13.1. The Hall–Kier alpha value is -2.28. The molecule has 2 saturated heterocycles. The topological polar surface area (TPSA) is 34.2 Å². The highest BCUT2D eigenvalue weighted by Gasteiger charge is 2.34. The average molecular weight is 556 g/mol. The number of rotatable bonds is 9. The van der Waals surface area contributed by atoms with Crippen LogP contribution in [0.3, 0.4) is 0 Å². The van der Waals surface area contributed by atoms with E-state index in [9.17, 15) is 0 Å². The second-order valence-corrected chi connectivity index (χ2v) is 11.0. The molecule has 3 aromatic carbocycles. The standard InChI is InChI=1S/C31H36Cl2N2O3/c1-23-20-34(21-24-7-3-2-4-8-24)22-30(25-10-12-26(32)13-11-25)35(23)29-15-14-27(19-28(29)33)36-17-18-38-31-9-5-6-16-37-31/h2-4,7-8,10-15,19,23,30-31H,5-6,9,16-18,20-22H2,1H3. The van der Waals surface area contributed by atoms with Crippen LogP contribution < -0.4 is 9.64 Å². The first-order valence-corrected chi connectivity index (χ1v) is 14.3. The molecule has 2 fully saturated rings. The van der Waals surface area contributed by atoms with Gasteiger partial charge in [-0.15, -0.1) is 0 Å². The molecule has 0 bridgehead atoms. The predicted molar refractivity (Wildman–Crippen MR) is 154 cm³/mol. The minimum Gasteiger partial charge on any atom is -0.491 e. The molecule has 0 spiro atoms. The molecule has 2 heterocycles. The maximum absolute atomic E-state index is 6.90. The van der Waals surface area contributed by atoms with Crippen molar-refractivity contribution in [3.8, 4) is 5.75 Å². The van der Waals surface area contributed by atoms with Gasteiger partial charge in [-0.05, 0) is 61.6 Å². The molecule has 2 aliphatic rings. The lowest BCUT2D eigenvalue weighted by molar-refractivity contribution is -0.165. The Bertz CT molecular complexity index is 1160. The fraction of sp³-hybridized carbons (Fsp3) is 0.419. The normalized spacial score (nSPS) is 22.4. The summed E-state index contributed by atoms with van der Waals surface area (Å²) in [6, 6.07) is 25.2. The van der Waals surface area contributed by atoms with Crippen molar-refractivity contribution in [1.29, 1.82) is 0 Å². The van der Waals surface area contributed by atoms with Crippen LogP contribution in [0.5, 0.6) is 5.75 Å². The van der Waals surface area contributed by atoms with E-state index in [4.69, 9.17) is 37.4 Å². The largest absolute Gasteiger partial charge is 0.491 e. The zero-order valence-electron chi connectivity index (χ0n) is 21.9. The number of benzene rings is 3. The fourth-order valence-electron chi connectivity index (χ4n) is 5.47. The summed E-state index contributed by atoms with van der Waals surface area (Å²) < 4.78 is 17.4. The maximum Gasteiger partial charge on any atom is 0.157 e. The Morgan fingerprint density at radius 3 is 2.47 bits per heavy atom. The quantitative estimate of drug-likeness (QED) is 0.258. The number of hydrogen-bond donors (Lipinski definition) is 0. The summed E-state index contributed by atoms with van der Waals surface area (Å²) in [4.78, 5) is 4.97. The number of anilines is 1. The fourth-order valence-corrected chi connectivity index (χ4v) is 5.87. The summed E-state index contributed by atoms with van der Waals surface area (Å²) in [5.41, 5.74) is 3.55. The Morgan fingerprint density at radius 1 is 0.921 bits per heavy atom. The number of halogens is 2. The van der Waals surface area contributed by atoms with E-state index in [0.717, 1.165) is 62.0 Å². The van der Waals surface area contributed by atoms with Crippen molar-refractivity contribution >= 4 is 28.9 Å². The van der Waals surface area contributed by atoms with E-state index >= 15 is 0 Å². The van der Waals surface area contributed by atoms with Crippen LogP contribution in [0.25, 0.3) is 0 Å². The minimum absolute atomic E-state index is 0.106. The monoisotopic (exact) mass is 554 g/mol. The van der Waals surface area contributed by atoms with Crippen molar-refractivity contribution in [2.24, 2.45) is 0 Å². The molecule has 0 N–H and O–H groups in total. The van der Waals surface area contributed by atoms with Crippen molar-refractivity contribution in [1.82, 2.24) is 4.90 Å². The number of nitrogens with zero attached hydrogens (tertiary/aromatic N) is 2. The van der Waals surface area contributed by atoms with E-state index in [1.807, 2.05) is 24.3 Å². The van der Waals surface area contributed by atoms with E-state index in [2.05, 4.69) is 65.3 Å². The summed E-state index contributed by atoms with van der Waals surface area (Å²) in [5, 5.41) is 1.42. The molecule has 3 unspecified atom stereocenters. The van der Waals surface area contributed by atoms with Crippen LogP contribution in [-0.4, -0.2) is 50.1 Å². The summed E-state index contributed by atoms with van der Waals surface area (Å²) in [6.45, 7) is 6.73. The second kappa shape index (κ2) is 13.2. The number of ether oxygens (including phenoxy) is 3. The smallest absolute Gasteiger partial charge is 0.157 e. The van der Waals surface area contributed by atoms with Crippen LogP contribution in [0, 0.1) is 0 Å². The first kappa shape index (κ1) is 27.3. The molecule has 5 nitrogen and oxygen atoms in total. The Morgan fingerprint density at radius 2 is 1.74 bits per heavy atom. The van der Waals surface area contributed by atoms with Gasteiger partial charge in [0.15, 0.2) is 6.29 Å². The lowest BCUT2D eigenvalue weighted by Gasteiger charge is -2.47. The van der Waals surface area contributed by atoms with Crippen LogP contribution in [0.1, 0.15) is 43.4 Å². The SMILES string of the molecule is CC1CN(Cc2ccccc2)CC(c2ccc(Cl)cc2)N1c1ccc(OCCOC2CCCCO2)cc1Cl. The van der Waals surface area contributed by atoms with Crippen LogP contribution in [0.2, 0.25) is 10.0 Å². The van der Waals surface area contributed by atoms with Crippen molar-refractivity contribution < 1.29 is 14.2 Å². The molecule has 0 amide bonds. The van der Waals surface area contributed by atoms with Gasteiger partial charge < -0.3 is 19.1 Å². The second-order valence-electron chi connectivity index (χ2n) is 10.1. The number of piperazine rings is 1. The van der Waals surface area contributed by atoms with E-state index in [0.29, 0.717) is 18.2 Å². The zero-order valence-corrected chi connectivity index (χ0v) is 23.4. The lowest BCUT2D eigenvalue weighted by atomic mass is 9.97. The highest BCUT2D eigenvalue weighted by atomic mass is 35.5. The van der Waals surface area contributed by atoms with Crippen molar-refractivity contribution in [2.75, 3.05) is 37.8 Å². The van der Waals surface area contributed by atoms with Crippen molar-refractivity contribution in [2.45, 2.75) is 51.1 Å². The van der Waals surface area contributed by atoms with Gasteiger partial charge >= 0.3 is 0 Å². The first-order chi connectivity index (χ1) is 18.6. The molecular weight excluding hydrogens is 519 g/mol. The van der Waals surface area contributed by atoms with Gasteiger partial charge in [-0.3, -0.25) is 4.90 Å². The van der Waals surface area contributed by atoms with Crippen LogP contribution >= 0.6 is 23.2 Å². The molecular formula is C31H36Cl2N2O3. The van der Waals surface area contributed by atoms with Gasteiger partial charge in [0.2, 0.25) is 0 Å². The molecule has 0 aliphatic carbocycles. The minimum atomic E-state index is -0.106. The Kier molecular flexibility index (Phi) is 9.47. The molecule has 202 valence electrons. The third-order valence-corrected chi connectivity index (χ3v) is 7.81. The van der Waals surface area contributed by atoms with Crippen LogP contribution in [0.15, 0.2) is 72.8 Å². The Labute approximate surface area is 236 Å². The molecule has 5 rings (SSSR count). The van der Waals surface area contributed by atoms with Crippen LogP contribution in [0.4, 0.5) is 5.69 Å². The van der Waals surface area contributed by atoms with Crippen molar-refractivity contribution in [3.05, 3.63) is 94.0 Å². The summed E-state index contributed by atoms with van der Waals surface area (Å²) in [7, 11) is 0. The predicted octanol–water partition coefficient (Wildman–Crippen LogP) is 7.37. The van der Waals surface area contributed by atoms with Crippen LogP contribution in [-0.2, 0) is 16.0 Å². The van der Waals surface area contributed by atoms with Gasteiger partial charge in [0.1, 0.15) is 12.4 Å². The molecule has 38 heavy (non-hydrogen) atoms. The van der Waals surface area contributed by atoms with Crippen molar-refractivity contribution in [3.63, 3.8) is 0 Å². The number of hydrogen-bond acceptors (Lipinski definition) is 5. The molecule has 0 aromatic heterocycles. The van der Waals surface area contributed by atoms with Gasteiger partial charge in [-0.25, -0.2) is 0 Å². The molecule has 0 radical (unpaired) electrons. The van der Waals surface area contributed by atoms with Gasteiger partial charge in [-0.2, -0.15) is 0 Å². The maximum atomic E-state index is 6.90. The van der Waals surface area contributed by atoms with E-state index < -0.39 is 0 Å². The first-order valence-electron chi connectivity index (χ1n) is 13.5. The molecule has 3 aromatic rings. The third-order valence-electron chi connectivity index (χ3n) is 7.26.